The fourth-order valence-electron chi connectivity index (χ4n) is 4.43. The number of methoxy groups -OCH3 is 1. The third-order valence-electron chi connectivity index (χ3n) is 6.51. The highest BCUT2D eigenvalue weighted by Crippen LogP contribution is 2.36. The maximum Gasteiger partial charge on any atom is 0.329 e. The molecule has 42 heavy (non-hydrogen) atoms. The summed E-state index contributed by atoms with van der Waals surface area (Å²) in [5.41, 5.74) is 4.48. The van der Waals surface area contributed by atoms with Crippen molar-refractivity contribution in [1.82, 2.24) is 10.6 Å². The molecule has 2 amide bonds. The second-order valence-electron chi connectivity index (χ2n) is 9.41. The quantitative estimate of drug-likeness (QED) is 0.115. The number of ether oxygens (including phenoxy) is 1. The van der Waals surface area contributed by atoms with Gasteiger partial charge in [-0.1, -0.05) is 121 Å². The molecule has 1 unspecified atom stereocenters. The molecule has 8 heteroatoms. The molecule has 0 aliphatic rings. The summed E-state index contributed by atoms with van der Waals surface area (Å²) in [6.07, 6.45) is 0. The van der Waals surface area contributed by atoms with Gasteiger partial charge in [-0.05, 0) is 22.3 Å². The number of hydrogen-bond donors (Lipinski definition) is 2. The number of rotatable bonds is 13. The molecule has 0 saturated carbocycles. The van der Waals surface area contributed by atoms with Crippen LogP contribution >= 0.6 is 23.5 Å². The molecular weight excluding hydrogens is 565 g/mol. The Morgan fingerprint density at radius 2 is 1.02 bits per heavy atom. The summed E-state index contributed by atoms with van der Waals surface area (Å²) in [6.45, 7) is 0.300. The van der Waals surface area contributed by atoms with Crippen LogP contribution in [0.5, 0.6) is 0 Å². The van der Waals surface area contributed by atoms with Gasteiger partial charge in [-0.15, -0.1) is 23.5 Å². The molecule has 4 rings (SSSR count). The van der Waals surface area contributed by atoms with Crippen molar-refractivity contribution in [3.63, 3.8) is 0 Å². The van der Waals surface area contributed by atoms with Gasteiger partial charge in [0.1, 0.15) is 6.04 Å². The van der Waals surface area contributed by atoms with Crippen LogP contribution < -0.4 is 10.6 Å². The van der Waals surface area contributed by atoms with E-state index in [1.54, 1.807) is 11.8 Å². The minimum Gasteiger partial charge on any atom is -0.467 e. The first-order valence-corrected chi connectivity index (χ1v) is 15.8. The molecule has 1 atom stereocenters. The molecule has 2 N–H and O–H groups in total. The van der Waals surface area contributed by atoms with E-state index in [0.717, 1.165) is 11.1 Å². The van der Waals surface area contributed by atoms with Gasteiger partial charge in [-0.2, -0.15) is 0 Å². The number of nitrogens with one attached hydrogen (secondary N) is 2. The van der Waals surface area contributed by atoms with E-state index in [0.29, 0.717) is 12.3 Å². The smallest absolute Gasteiger partial charge is 0.329 e. The van der Waals surface area contributed by atoms with Gasteiger partial charge in [0.05, 0.1) is 17.6 Å². The first-order chi connectivity index (χ1) is 20.6. The van der Waals surface area contributed by atoms with E-state index >= 15 is 0 Å². The Bertz CT molecular complexity index is 1330. The average molecular weight is 599 g/mol. The Balaban J connectivity index is 1.33. The van der Waals surface area contributed by atoms with Gasteiger partial charge in [-0.3, -0.25) is 9.59 Å². The lowest BCUT2D eigenvalue weighted by molar-refractivity contribution is -0.146. The molecule has 0 spiro atoms. The third-order valence-corrected chi connectivity index (χ3v) is 9.23. The van der Waals surface area contributed by atoms with E-state index in [1.165, 1.54) is 30.0 Å². The second-order valence-corrected chi connectivity index (χ2v) is 11.8. The largest absolute Gasteiger partial charge is 0.467 e. The van der Waals surface area contributed by atoms with Crippen LogP contribution in [0.25, 0.3) is 0 Å². The lowest BCUT2D eigenvalue weighted by Gasteiger charge is -2.21. The standard InChI is InChI=1S/C34H34N2O4S2/c1-40-34(39)29(24-42-31(27-18-10-4-11-19-27)28-20-12-5-13-21-28)36-33(38)32(37)35-22-23-41-30(25-14-6-2-7-15-25)26-16-8-3-9-17-26/h2-21,29-31H,22-24H2,1H3,(H,35,37)(H,36,38). The lowest BCUT2D eigenvalue weighted by atomic mass is 10.0. The van der Waals surface area contributed by atoms with Gasteiger partial charge in [0.25, 0.3) is 0 Å². The molecule has 0 saturated heterocycles. The minimum absolute atomic E-state index is 0.0653. The highest BCUT2D eigenvalue weighted by atomic mass is 32.2. The van der Waals surface area contributed by atoms with Crippen molar-refractivity contribution in [2.75, 3.05) is 25.2 Å². The molecule has 4 aromatic carbocycles. The Morgan fingerprint density at radius 3 is 1.43 bits per heavy atom. The van der Waals surface area contributed by atoms with Crippen LogP contribution in [0.4, 0.5) is 0 Å². The number of hydrogen-bond acceptors (Lipinski definition) is 6. The SMILES string of the molecule is COC(=O)C(CSC(c1ccccc1)c1ccccc1)NC(=O)C(=O)NCCSC(c1ccccc1)c1ccccc1. The molecule has 0 heterocycles. The number of amides is 2. The molecule has 0 aliphatic heterocycles. The monoisotopic (exact) mass is 598 g/mol. The number of thioether (sulfide) groups is 2. The summed E-state index contributed by atoms with van der Waals surface area (Å²) in [5, 5.41) is 5.30. The number of esters is 1. The van der Waals surface area contributed by atoms with Crippen LogP contribution in [0.2, 0.25) is 0 Å². The first kappa shape index (κ1) is 30.9. The van der Waals surface area contributed by atoms with E-state index in [1.807, 2.05) is 97.1 Å². The van der Waals surface area contributed by atoms with Crippen molar-refractivity contribution in [3.8, 4) is 0 Å². The topological polar surface area (TPSA) is 84.5 Å². The maximum absolute atomic E-state index is 12.8. The van der Waals surface area contributed by atoms with E-state index in [2.05, 4.69) is 34.9 Å². The van der Waals surface area contributed by atoms with Crippen molar-refractivity contribution >= 4 is 41.3 Å². The van der Waals surface area contributed by atoms with E-state index in [9.17, 15) is 14.4 Å². The predicted octanol–water partition coefficient (Wildman–Crippen LogP) is 5.81. The average Bonchev–Trinajstić information content (AvgIpc) is 3.05. The lowest BCUT2D eigenvalue weighted by Crippen LogP contribution is -2.49. The van der Waals surface area contributed by atoms with Crippen molar-refractivity contribution in [3.05, 3.63) is 144 Å². The van der Waals surface area contributed by atoms with Crippen LogP contribution in [-0.2, 0) is 19.1 Å². The Hall–Kier alpha value is -4.01. The van der Waals surface area contributed by atoms with Gasteiger partial charge in [-0.25, -0.2) is 4.79 Å². The molecule has 0 aromatic heterocycles. The molecule has 216 valence electrons. The highest BCUT2D eigenvalue weighted by Gasteiger charge is 2.27. The van der Waals surface area contributed by atoms with Gasteiger partial charge in [0, 0.05) is 18.1 Å². The van der Waals surface area contributed by atoms with Crippen molar-refractivity contribution in [1.29, 1.82) is 0 Å². The fraction of sp³-hybridized carbons (Fsp3) is 0.206. The zero-order valence-corrected chi connectivity index (χ0v) is 25.0. The first-order valence-electron chi connectivity index (χ1n) is 13.7. The second kappa shape index (κ2) is 16.4. The third kappa shape index (κ3) is 8.99. The number of benzene rings is 4. The van der Waals surface area contributed by atoms with Crippen LogP contribution in [0, 0.1) is 0 Å². The summed E-state index contributed by atoms with van der Waals surface area (Å²) < 4.78 is 4.94. The molecule has 0 aliphatic carbocycles. The molecule has 6 nitrogen and oxygen atoms in total. The van der Waals surface area contributed by atoms with Crippen molar-refractivity contribution in [2.24, 2.45) is 0 Å². The van der Waals surface area contributed by atoms with Gasteiger partial charge in [0.2, 0.25) is 0 Å². The van der Waals surface area contributed by atoms with Crippen molar-refractivity contribution < 1.29 is 19.1 Å². The highest BCUT2D eigenvalue weighted by molar-refractivity contribution is 8.00. The number of carbonyl (C=O) groups is 3. The van der Waals surface area contributed by atoms with E-state index in [4.69, 9.17) is 4.74 Å². The molecule has 0 radical (unpaired) electrons. The zero-order valence-electron chi connectivity index (χ0n) is 23.3. The minimum atomic E-state index is -0.983. The summed E-state index contributed by atoms with van der Waals surface area (Å²) in [7, 11) is 1.27. The Morgan fingerprint density at radius 1 is 0.619 bits per heavy atom. The Kier molecular flexibility index (Phi) is 12.1. The van der Waals surface area contributed by atoms with E-state index < -0.39 is 23.8 Å². The number of carbonyl (C=O) groups excluding carboxylic acids is 3. The van der Waals surface area contributed by atoms with E-state index in [-0.39, 0.29) is 16.3 Å². The Labute approximate surface area is 255 Å². The van der Waals surface area contributed by atoms with Gasteiger partial charge < -0.3 is 15.4 Å². The molecule has 0 bridgehead atoms. The van der Waals surface area contributed by atoms with Crippen LogP contribution in [-0.4, -0.2) is 49.0 Å². The zero-order chi connectivity index (χ0) is 29.6. The predicted molar refractivity (Wildman–Crippen MR) is 171 cm³/mol. The maximum atomic E-state index is 12.8. The van der Waals surface area contributed by atoms with Crippen LogP contribution in [0.3, 0.4) is 0 Å². The van der Waals surface area contributed by atoms with Crippen LogP contribution in [0.15, 0.2) is 121 Å². The molecule has 4 aromatic rings. The fourth-order valence-corrected chi connectivity index (χ4v) is 6.89. The summed E-state index contributed by atoms with van der Waals surface area (Å²) in [6, 6.07) is 39.3. The van der Waals surface area contributed by atoms with Gasteiger partial charge in [0.15, 0.2) is 0 Å². The van der Waals surface area contributed by atoms with Gasteiger partial charge >= 0.3 is 17.8 Å². The molecular formula is C34H34N2O4S2. The molecule has 0 fully saturated rings. The normalized spacial score (nSPS) is 11.6. The van der Waals surface area contributed by atoms with Crippen LogP contribution in [0.1, 0.15) is 32.8 Å². The van der Waals surface area contributed by atoms with Crippen molar-refractivity contribution in [2.45, 2.75) is 16.5 Å². The summed E-state index contributed by atoms with van der Waals surface area (Å²) >= 11 is 3.19. The summed E-state index contributed by atoms with van der Waals surface area (Å²) in [4.78, 5) is 38.0. The summed E-state index contributed by atoms with van der Waals surface area (Å²) in [5.74, 6) is -1.43.